The van der Waals surface area contributed by atoms with E-state index >= 15 is 0 Å². The molecule has 0 aliphatic carbocycles. The molecule has 0 fully saturated rings. The molecule has 0 saturated carbocycles. The first-order valence-corrected chi connectivity index (χ1v) is 5.36. The first kappa shape index (κ1) is 11.2. The van der Waals surface area contributed by atoms with Crippen LogP contribution in [0.2, 0.25) is 0 Å². The number of hydrogen-bond donors (Lipinski definition) is 1. The Labute approximate surface area is 95.3 Å². The monoisotopic (exact) mass is 223 g/mol. The van der Waals surface area contributed by atoms with Gasteiger partial charge in [0, 0.05) is 11.6 Å². The molecule has 1 heterocycles. The minimum absolute atomic E-state index is 0.133. The molecule has 2 N–H and O–H groups in total. The number of rotatable bonds is 3. The summed E-state index contributed by atoms with van der Waals surface area (Å²) in [7, 11) is 1.64. The van der Waals surface area contributed by atoms with Crippen molar-refractivity contribution >= 4 is 0 Å². The maximum Gasteiger partial charge on any atom is 0.189 e. The molecule has 88 valence electrons. The summed E-state index contributed by atoms with van der Waals surface area (Å²) in [6.07, 6.45) is 0.823. The molecule has 4 nitrogen and oxygen atoms in total. The lowest BCUT2D eigenvalue weighted by Crippen LogP contribution is -2.19. The third kappa shape index (κ3) is 2.28. The average molecular weight is 223 g/mol. The number of methoxy groups -OCH3 is 1. The maximum atomic E-state index is 5.79. The molecule has 4 heteroatoms. The molecule has 1 aliphatic rings. The Morgan fingerprint density at radius 1 is 1.50 bits per heavy atom. The van der Waals surface area contributed by atoms with Gasteiger partial charge in [-0.1, -0.05) is 0 Å². The molecule has 0 spiro atoms. The summed E-state index contributed by atoms with van der Waals surface area (Å²) in [5.74, 6) is 1.55. The molecule has 1 unspecified atom stereocenters. The van der Waals surface area contributed by atoms with Crippen LogP contribution in [0.1, 0.15) is 18.1 Å². The van der Waals surface area contributed by atoms with Crippen LogP contribution in [-0.2, 0) is 17.8 Å². The van der Waals surface area contributed by atoms with Crippen molar-refractivity contribution in [3.05, 3.63) is 23.3 Å². The molecule has 0 bridgehead atoms. The van der Waals surface area contributed by atoms with E-state index in [4.69, 9.17) is 19.9 Å². The average Bonchev–Trinajstić information content (AvgIpc) is 2.27. The Balaban J connectivity index is 2.35. The predicted octanol–water partition coefficient (Wildman–Crippen LogP) is 1.45. The first-order chi connectivity index (χ1) is 7.70. The van der Waals surface area contributed by atoms with Gasteiger partial charge in [-0.3, -0.25) is 0 Å². The Morgan fingerprint density at radius 3 is 3.00 bits per heavy atom. The maximum absolute atomic E-state index is 5.79. The highest BCUT2D eigenvalue weighted by Gasteiger charge is 2.17. The molecule has 16 heavy (non-hydrogen) atoms. The van der Waals surface area contributed by atoms with Crippen molar-refractivity contribution in [2.75, 3.05) is 13.9 Å². The van der Waals surface area contributed by atoms with Gasteiger partial charge >= 0.3 is 0 Å². The third-order valence-corrected chi connectivity index (χ3v) is 2.51. The van der Waals surface area contributed by atoms with Crippen LogP contribution in [0.5, 0.6) is 11.5 Å². The molecule has 1 aromatic carbocycles. The van der Waals surface area contributed by atoms with E-state index in [9.17, 15) is 0 Å². The molecule has 0 amide bonds. The van der Waals surface area contributed by atoms with Gasteiger partial charge in [0.05, 0.1) is 13.7 Å². The second-order valence-corrected chi connectivity index (χ2v) is 4.08. The van der Waals surface area contributed by atoms with E-state index < -0.39 is 0 Å². The summed E-state index contributed by atoms with van der Waals surface area (Å²) in [6.45, 7) is 2.84. The van der Waals surface area contributed by atoms with Crippen LogP contribution >= 0.6 is 0 Å². The zero-order valence-corrected chi connectivity index (χ0v) is 9.66. The Hall–Kier alpha value is -1.26. The Morgan fingerprint density at radius 2 is 2.31 bits per heavy atom. The fraction of sp³-hybridized carbons (Fsp3) is 0.500. The van der Waals surface area contributed by atoms with Crippen LogP contribution < -0.4 is 15.2 Å². The number of benzene rings is 1. The van der Waals surface area contributed by atoms with Crippen LogP contribution in [0.15, 0.2) is 12.1 Å². The summed E-state index contributed by atoms with van der Waals surface area (Å²) in [4.78, 5) is 0. The Kier molecular flexibility index (Phi) is 3.31. The van der Waals surface area contributed by atoms with Crippen LogP contribution in [0, 0.1) is 0 Å². The molecule has 0 aromatic heterocycles. The van der Waals surface area contributed by atoms with E-state index in [1.54, 1.807) is 7.11 Å². The molecule has 1 aromatic rings. The van der Waals surface area contributed by atoms with Crippen LogP contribution in [0.25, 0.3) is 0 Å². The van der Waals surface area contributed by atoms with Crippen molar-refractivity contribution in [3.8, 4) is 11.5 Å². The highest BCUT2D eigenvalue weighted by atomic mass is 16.7. The van der Waals surface area contributed by atoms with E-state index in [2.05, 4.69) is 6.07 Å². The molecule has 2 rings (SSSR count). The van der Waals surface area contributed by atoms with Crippen LogP contribution in [0.4, 0.5) is 0 Å². The first-order valence-electron chi connectivity index (χ1n) is 5.36. The van der Waals surface area contributed by atoms with Gasteiger partial charge in [-0.15, -0.1) is 0 Å². The molecular weight excluding hydrogens is 206 g/mol. The number of hydrogen-bond acceptors (Lipinski definition) is 4. The minimum Gasteiger partial charge on any atom is -0.493 e. The van der Waals surface area contributed by atoms with Gasteiger partial charge in [0.15, 0.2) is 18.3 Å². The smallest absolute Gasteiger partial charge is 0.189 e. The van der Waals surface area contributed by atoms with Gasteiger partial charge in [-0.25, -0.2) is 0 Å². The standard InChI is InChI=1S/C12H17NO3/c1-8(13)3-9-4-10-6-15-7-16-12(10)11(5-9)14-2/h4-5,8H,3,6-7,13H2,1-2H3. The molecule has 1 aliphatic heterocycles. The largest absolute Gasteiger partial charge is 0.493 e. The highest BCUT2D eigenvalue weighted by molar-refractivity contribution is 5.50. The lowest BCUT2D eigenvalue weighted by atomic mass is 10.0. The second kappa shape index (κ2) is 4.72. The molecular formula is C12H17NO3. The van der Waals surface area contributed by atoms with Crippen molar-refractivity contribution in [1.29, 1.82) is 0 Å². The Bertz CT molecular complexity index is 360. The second-order valence-electron chi connectivity index (χ2n) is 4.08. The molecule has 0 saturated heterocycles. The van der Waals surface area contributed by atoms with E-state index in [0.717, 1.165) is 29.0 Å². The summed E-state index contributed by atoms with van der Waals surface area (Å²) in [6, 6.07) is 4.18. The van der Waals surface area contributed by atoms with Crippen molar-refractivity contribution in [2.24, 2.45) is 5.73 Å². The fourth-order valence-corrected chi connectivity index (χ4v) is 1.89. The zero-order chi connectivity index (χ0) is 11.5. The van der Waals surface area contributed by atoms with E-state index in [-0.39, 0.29) is 12.8 Å². The molecule has 0 radical (unpaired) electrons. The third-order valence-electron chi connectivity index (χ3n) is 2.51. The van der Waals surface area contributed by atoms with Gasteiger partial charge < -0.3 is 19.9 Å². The predicted molar refractivity (Wildman–Crippen MR) is 60.6 cm³/mol. The van der Waals surface area contributed by atoms with E-state index in [0.29, 0.717) is 6.61 Å². The fourth-order valence-electron chi connectivity index (χ4n) is 1.89. The van der Waals surface area contributed by atoms with Gasteiger partial charge in [0.1, 0.15) is 0 Å². The van der Waals surface area contributed by atoms with Gasteiger partial charge in [-0.2, -0.15) is 0 Å². The van der Waals surface area contributed by atoms with Crippen molar-refractivity contribution in [2.45, 2.75) is 26.0 Å². The summed E-state index contributed by atoms with van der Waals surface area (Å²) >= 11 is 0. The normalized spacial score (nSPS) is 16.2. The summed E-state index contributed by atoms with van der Waals surface area (Å²) in [5.41, 5.74) is 7.97. The van der Waals surface area contributed by atoms with Crippen LogP contribution in [-0.4, -0.2) is 19.9 Å². The SMILES string of the molecule is COc1cc(CC(C)N)cc2c1OCOC2. The van der Waals surface area contributed by atoms with Crippen molar-refractivity contribution in [1.82, 2.24) is 0 Å². The lowest BCUT2D eigenvalue weighted by Gasteiger charge is -2.21. The quantitative estimate of drug-likeness (QED) is 0.842. The van der Waals surface area contributed by atoms with E-state index in [1.807, 2.05) is 13.0 Å². The summed E-state index contributed by atoms with van der Waals surface area (Å²) < 4.78 is 16.0. The van der Waals surface area contributed by atoms with Gasteiger partial charge in [-0.05, 0) is 31.0 Å². The molecule has 1 atom stereocenters. The van der Waals surface area contributed by atoms with E-state index in [1.165, 1.54) is 0 Å². The minimum atomic E-state index is 0.133. The topological polar surface area (TPSA) is 53.7 Å². The number of nitrogens with two attached hydrogens (primary N) is 1. The number of fused-ring (bicyclic) bond motifs is 1. The van der Waals surface area contributed by atoms with Crippen molar-refractivity contribution < 1.29 is 14.2 Å². The lowest BCUT2D eigenvalue weighted by molar-refractivity contribution is -0.0180. The van der Waals surface area contributed by atoms with Crippen molar-refractivity contribution in [3.63, 3.8) is 0 Å². The van der Waals surface area contributed by atoms with Gasteiger partial charge in [0.2, 0.25) is 0 Å². The van der Waals surface area contributed by atoms with Gasteiger partial charge in [0.25, 0.3) is 0 Å². The number of ether oxygens (including phenoxy) is 3. The highest BCUT2D eigenvalue weighted by Crippen LogP contribution is 2.35. The van der Waals surface area contributed by atoms with Crippen LogP contribution in [0.3, 0.4) is 0 Å². The zero-order valence-electron chi connectivity index (χ0n) is 9.66. The summed E-state index contributed by atoms with van der Waals surface area (Å²) in [5, 5.41) is 0.